The number of aliphatic hydroxyl groups is 1. The molecule has 2 aliphatic heterocycles. The summed E-state index contributed by atoms with van der Waals surface area (Å²) in [5, 5.41) is 18.0. The van der Waals surface area contributed by atoms with E-state index in [1.54, 1.807) is 0 Å². The van der Waals surface area contributed by atoms with Gasteiger partial charge in [-0.2, -0.15) is 0 Å². The molecule has 6 nitrogen and oxygen atoms in total. The Morgan fingerprint density at radius 1 is 1.10 bits per heavy atom. The average Bonchev–Trinajstić information content (AvgIpc) is 3.11. The van der Waals surface area contributed by atoms with Crippen molar-refractivity contribution in [3.05, 3.63) is 59.1 Å². The Kier molecular flexibility index (Phi) is 7.13. The first-order chi connectivity index (χ1) is 15.0. The number of halogens is 1. The van der Waals surface area contributed by atoms with Crippen LogP contribution in [0.4, 0.5) is 11.4 Å². The third kappa shape index (κ3) is 5.77. The minimum atomic E-state index is -0.433. The van der Waals surface area contributed by atoms with E-state index in [2.05, 4.69) is 32.6 Å². The lowest BCUT2D eigenvalue weighted by Crippen LogP contribution is -2.49. The molecule has 2 fully saturated rings. The van der Waals surface area contributed by atoms with Crippen molar-refractivity contribution in [2.45, 2.75) is 44.5 Å². The summed E-state index contributed by atoms with van der Waals surface area (Å²) in [5.74, 6) is -0.0905. The molecule has 0 radical (unpaired) electrons. The molecule has 7 heteroatoms. The van der Waals surface area contributed by atoms with E-state index in [4.69, 9.17) is 11.6 Å². The maximum atomic E-state index is 11.5. The van der Waals surface area contributed by atoms with E-state index < -0.39 is 6.10 Å². The molecule has 2 aromatic rings. The van der Waals surface area contributed by atoms with Crippen molar-refractivity contribution in [3.63, 3.8) is 0 Å². The highest BCUT2D eigenvalue weighted by molar-refractivity contribution is 6.30. The summed E-state index contributed by atoms with van der Waals surface area (Å²) in [6.45, 7) is 5.83. The van der Waals surface area contributed by atoms with E-state index in [0.717, 1.165) is 55.4 Å². The quantitative estimate of drug-likeness (QED) is 0.641. The number of carbonyl (C=O) groups is 1. The number of β-amino-alcohol motifs (C(OH)–C–C–N with tert-alkyl or cyclic N) is 1. The van der Waals surface area contributed by atoms with Crippen LogP contribution in [0.2, 0.25) is 5.02 Å². The van der Waals surface area contributed by atoms with Gasteiger partial charge in [-0.05, 0) is 55.8 Å². The molecule has 2 aromatic carbocycles. The number of nitrogens with zero attached hydrogens (tertiary/aromatic N) is 2. The van der Waals surface area contributed by atoms with E-state index in [1.165, 1.54) is 12.5 Å². The zero-order valence-electron chi connectivity index (χ0n) is 17.9. The van der Waals surface area contributed by atoms with Crippen LogP contribution in [0.15, 0.2) is 48.5 Å². The number of aliphatic hydroxyl groups excluding tert-OH is 1. The molecule has 0 spiro atoms. The molecule has 2 saturated heterocycles. The first-order valence-electron chi connectivity index (χ1n) is 11.0. The molecule has 3 N–H and O–H groups in total. The number of para-hydroxylation sites is 2. The molecular formula is C24H31ClN4O2. The summed E-state index contributed by atoms with van der Waals surface area (Å²) >= 11 is 5.98. The largest absolute Gasteiger partial charge is 0.390 e. The number of amides is 1. The van der Waals surface area contributed by atoms with Crippen molar-refractivity contribution < 1.29 is 9.90 Å². The Hall–Kier alpha value is -2.12. The van der Waals surface area contributed by atoms with Crippen LogP contribution in [0.5, 0.6) is 0 Å². The Balaban J connectivity index is 1.29. The lowest BCUT2D eigenvalue weighted by molar-refractivity contribution is -0.114. The zero-order chi connectivity index (χ0) is 21.8. The molecule has 2 aliphatic rings. The first kappa shape index (κ1) is 22.1. The van der Waals surface area contributed by atoms with E-state index in [-0.39, 0.29) is 11.9 Å². The second-order valence-electron chi connectivity index (χ2n) is 8.62. The Morgan fingerprint density at radius 3 is 2.52 bits per heavy atom. The monoisotopic (exact) mass is 442 g/mol. The average molecular weight is 443 g/mol. The van der Waals surface area contributed by atoms with Gasteiger partial charge in [-0.3, -0.25) is 9.69 Å². The van der Waals surface area contributed by atoms with Gasteiger partial charge in [-0.1, -0.05) is 35.9 Å². The summed E-state index contributed by atoms with van der Waals surface area (Å²) in [7, 11) is 0. The second-order valence-corrected chi connectivity index (χ2v) is 9.06. The molecule has 166 valence electrons. The predicted octanol–water partition coefficient (Wildman–Crippen LogP) is 3.10. The highest BCUT2D eigenvalue weighted by Crippen LogP contribution is 2.29. The minimum absolute atomic E-state index is 0.0261. The molecule has 0 saturated carbocycles. The van der Waals surface area contributed by atoms with Crippen LogP contribution in [0, 0.1) is 0 Å². The molecule has 2 heterocycles. The molecule has 2 atom stereocenters. The summed E-state index contributed by atoms with van der Waals surface area (Å²) in [5.41, 5.74) is 3.03. The van der Waals surface area contributed by atoms with Crippen molar-refractivity contribution >= 4 is 28.9 Å². The summed E-state index contributed by atoms with van der Waals surface area (Å²) < 4.78 is 0. The summed E-state index contributed by atoms with van der Waals surface area (Å²) in [6.07, 6.45) is 1.70. The number of rotatable bonds is 6. The van der Waals surface area contributed by atoms with Crippen LogP contribution in [-0.4, -0.2) is 60.3 Å². The highest BCUT2D eigenvalue weighted by atomic mass is 35.5. The lowest BCUT2D eigenvalue weighted by atomic mass is 10.0. The molecule has 0 aromatic heterocycles. The SMILES string of the molecule is CC(=O)Nc1ccccc1N1C[C@@H](O)[C@H](NC2CCN(Cc3ccc(Cl)cc3)CC2)C1. The summed E-state index contributed by atoms with van der Waals surface area (Å²) in [4.78, 5) is 16.2. The van der Waals surface area contributed by atoms with Crippen molar-refractivity contribution in [2.24, 2.45) is 0 Å². The number of hydrogen-bond donors (Lipinski definition) is 3. The van der Waals surface area contributed by atoms with E-state index >= 15 is 0 Å². The van der Waals surface area contributed by atoms with Gasteiger partial charge in [0.05, 0.1) is 23.5 Å². The van der Waals surface area contributed by atoms with Crippen LogP contribution < -0.4 is 15.5 Å². The van der Waals surface area contributed by atoms with Gasteiger partial charge in [0.15, 0.2) is 0 Å². The van der Waals surface area contributed by atoms with Crippen molar-refractivity contribution in [1.82, 2.24) is 10.2 Å². The Bertz CT molecular complexity index is 883. The van der Waals surface area contributed by atoms with Crippen molar-refractivity contribution in [3.8, 4) is 0 Å². The maximum Gasteiger partial charge on any atom is 0.221 e. The van der Waals surface area contributed by atoms with Gasteiger partial charge < -0.3 is 20.6 Å². The molecule has 0 aliphatic carbocycles. The van der Waals surface area contributed by atoms with Gasteiger partial charge in [-0.25, -0.2) is 0 Å². The second kappa shape index (κ2) is 10.0. The zero-order valence-corrected chi connectivity index (χ0v) is 18.7. The van der Waals surface area contributed by atoms with Gasteiger partial charge in [0, 0.05) is 37.6 Å². The number of anilines is 2. The minimum Gasteiger partial charge on any atom is -0.390 e. The van der Waals surface area contributed by atoms with Crippen molar-refractivity contribution in [1.29, 1.82) is 0 Å². The molecule has 1 amide bonds. The topological polar surface area (TPSA) is 67.8 Å². The number of benzene rings is 2. The summed E-state index contributed by atoms with van der Waals surface area (Å²) in [6, 6.07) is 16.3. The fraction of sp³-hybridized carbons (Fsp3) is 0.458. The fourth-order valence-electron chi connectivity index (χ4n) is 4.60. The number of carbonyl (C=O) groups excluding carboxylic acids is 1. The number of nitrogens with one attached hydrogen (secondary N) is 2. The Labute approximate surface area is 189 Å². The standard InChI is InChI=1S/C24H31ClN4O2/c1-17(30)26-21-4-2-3-5-23(21)29-15-22(24(31)16-29)27-20-10-12-28(13-11-20)14-18-6-8-19(25)9-7-18/h2-9,20,22,24,27,31H,10-16H2,1H3,(H,26,30)/t22-,24-/m1/s1. The smallest absolute Gasteiger partial charge is 0.221 e. The molecule has 31 heavy (non-hydrogen) atoms. The van der Waals surface area contributed by atoms with Gasteiger partial charge >= 0.3 is 0 Å². The predicted molar refractivity (Wildman–Crippen MR) is 126 cm³/mol. The van der Waals surface area contributed by atoms with Gasteiger partial charge in [-0.15, -0.1) is 0 Å². The van der Waals surface area contributed by atoms with Crippen LogP contribution in [0.25, 0.3) is 0 Å². The van der Waals surface area contributed by atoms with Crippen LogP contribution in [0.3, 0.4) is 0 Å². The number of piperidine rings is 1. The van der Waals surface area contributed by atoms with Crippen LogP contribution >= 0.6 is 11.6 Å². The highest BCUT2D eigenvalue weighted by Gasteiger charge is 2.34. The molecule has 0 unspecified atom stereocenters. The van der Waals surface area contributed by atoms with Crippen LogP contribution in [-0.2, 0) is 11.3 Å². The number of likely N-dealkylation sites (tertiary alicyclic amines) is 1. The number of hydrogen-bond acceptors (Lipinski definition) is 5. The molecule has 4 rings (SSSR count). The Morgan fingerprint density at radius 2 is 1.81 bits per heavy atom. The first-order valence-corrected chi connectivity index (χ1v) is 11.4. The van der Waals surface area contributed by atoms with Gasteiger partial charge in [0.1, 0.15) is 0 Å². The third-order valence-electron chi connectivity index (χ3n) is 6.20. The maximum absolute atomic E-state index is 11.5. The fourth-order valence-corrected chi connectivity index (χ4v) is 4.73. The molecule has 0 bridgehead atoms. The van der Waals surface area contributed by atoms with Gasteiger partial charge in [0.25, 0.3) is 0 Å². The third-order valence-corrected chi connectivity index (χ3v) is 6.45. The molecular weight excluding hydrogens is 412 g/mol. The van der Waals surface area contributed by atoms with Crippen molar-refractivity contribution in [2.75, 3.05) is 36.4 Å². The van der Waals surface area contributed by atoms with E-state index in [9.17, 15) is 9.90 Å². The lowest BCUT2D eigenvalue weighted by Gasteiger charge is -2.34. The normalized spacial score (nSPS) is 22.6. The van der Waals surface area contributed by atoms with Gasteiger partial charge in [0.2, 0.25) is 5.91 Å². The van der Waals surface area contributed by atoms with E-state index in [1.807, 2.05) is 36.4 Å². The van der Waals surface area contributed by atoms with Crippen LogP contribution in [0.1, 0.15) is 25.3 Å². The van der Waals surface area contributed by atoms with E-state index in [0.29, 0.717) is 12.6 Å².